The van der Waals surface area contributed by atoms with Gasteiger partial charge >= 0.3 is 0 Å². The standard InChI is InChI=1S/C19H26N2O2/c1-3-4-12-22-17-9-7-16(8-10-17)14-21-11-5-6-18(21)19-13-15(2)20-23-19/h7-10,13,18H,3-6,11-12,14H2,1-2H3/t18-/m0/s1. The Bertz CT molecular complexity index is 606. The minimum Gasteiger partial charge on any atom is -0.494 e. The van der Waals surface area contributed by atoms with Crippen molar-refractivity contribution >= 4 is 0 Å². The average Bonchev–Trinajstić information content (AvgIpc) is 3.18. The number of aryl methyl sites for hydroxylation is 1. The van der Waals surface area contributed by atoms with Crippen LogP contribution in [0.2, 0.25) is 0 Å². The second kappa shape index (κ2) is 7.64. The van der Waals surface area contributed by atoms with Crippen LogP contribution >= 0.6 is 0 Å². The van der Waals surface area contributed by atoms with Gasteiger partial charge in [0.25, 0.3) is 0 Å². The molecule has 2 heterocycles. The van der Waals surface area contributed by atoms with Crippen molar-refractivity contribution in [3.05, 3.63) is 47.3 Å². The third-order valence-corrected chi connectivity index (χ3v) is 4.41. The van der Waals surface area contributed by atoms with Crippen molar-refractivity contribution in [2.24, 2.45) is 0 Å². The first-order valence-electron chi connectivity index (χ1n) is 8.65. The highest BCUT2D eigenvalue weighted by molar-refractivity contribution is 5.27. The van der Waals surface area contributed by atoms with Crippen LogP contribution < -0.4 is 4.74 Å². The first-order valence-corrected chi connectivity index (χ1v) is 8.65. The predicted octanol–water partition coefficient (Wildman–Crippen LogP) is 4.50. The number of hydrogen-bond donors (Lipinski definition) is 0. The van der Waals surface area contributed by atoms with E-state index in [4.69, 9.17) is 9.26 Å². The van der Waals surface area contributed by atoms with Gasteiger partial charge in [-0.2, -0.15) is 0 Å². The van der Waals surface area contributed by atoms with E-state index in [9.17, 15) is 0 Å². The van der Waals surface area contributed by atoms with Gasteiger partial charge in [-0.25, -0.2) is 0 Å². The van der Waals surface area contributed by atoms with E-state index in [1.807, 2.05) is 6.92 Å². The van der Waals surface area contributed by atoms with E-state index in [-0.39, 0.29) is 0 Å². The van der Waals surface area contributed by atoms with Crippen LogP contribution in [0.15, 0.2) is 34.9 Å². The molecule has 0 saturated carbocycles. The zero-order valence-electron chi connectivity index (χ0n) is 14.1. The lowest BCUT2D eigenvalue weighted by molar-refractivity contribution is 0.206. The van der Waals surface area contributed by atoms with E-state index >= 15 is 0 Å². The summed E-state index contributed by atoms with van der Waals surface area (Å²) < 4.78 is 11.2. The summed E-state index contributed by atoms with van der Waals surface area (Å²) in [5.41, 5.74) is 2.27. The number of ether oxygens (including phenoxy) is 1. The van der Waals surface area contributed by atoms with Crippen LogP contribution in [0.3, 0.4) is 0 Å². The Morgan fingerprint density at radius 2 is 2.13 bits per heavy atom. The van der Waals surface area contributed by atoms with Crippen molar-refractivity contribution in [2.75, 3.05) is 13.2 Å². The monoisotopic (exact) mass is 314 g/mol. The second-order valence-electron chi connectivity index (χ2n) is 6.35. The third-order valence-electron chi connectivity index (χ3n) is 4.41. The number of aromatic nitrogens is 1. The molecule has 1 fully saturated rings. The number of nitrogens with zero attached hydrogens (tertiary/aromatic N) is 2. The fourth-order valence-electron chi connectivity index (χ4n) is 3.14. The summed E-state index contributed by atoms with van der Waals surface area (Å²) in [7, 11) is 0. The fourth-order valence-corrected chi connectivity index (χ4v) is 3.14. The van der Waals surface area contributed by atoms with Gasteiger partial charge in [-0.05, 0) is 50.4 Å². The van der Waals surface area contributed by atoms with Crippen molar-refractivity contribution in [3.8, 4) is 5.75 Å². The van der Waals surface area contributed by atoms with E-state index in [2.05, 4.69) is 47.3 Å². The summed E-state index contributed by atoms with van der Waals surface area (Å²) in [4.78, 5) is 2.48. The first kappa shape index (κ1) is 16.1. The molecular formula is C19H26N2O2. The molecule has 1 aromatic carbocycles. The summed E-state index contributed by atoms with van der Waals surface area (Å²) in [6, 6.07) is 10.9. The zero-order chi connectivity index (χ0) is 16.1. The quantitative estimate of drug-likeness (QED) is 0.705. The Labute approximate surface area is 138 Å². The van der Waals surface area contributed by atoms with Gasteiger partial charge in [-0.15, -0.1) is 0 Å². The molecule has 0 unspecified atom stereocenters. The second-order valence-corrected chi connectivity index (χ2v) is 6.35. The van der Waals surface area contributed by atoms with Crippen molar-refractivity contribution in [3.63, 3.8) is 0 Å². The Morgan fingerprint density at radius 1 is 1.30 bits per heavy atom. The lowest BCUT2D eigenvalue weighted by atomic mass is 10.1. The molecule has 1 aliphatic heterocycles. The highest BCUT2D eigenvalue weighted by Crippen LogP contribution is 2.33. The van der Waals surface area contributed by atoms with Gasteiger partial charge < -0.3 is 9.26 Å². The highest BCUT2D eigenvalue weighted by atomic mass is 16.5. The van der Waals surface area contributed by atoms with Gasteiger partial charge in [0.2, 0.25) is 0 Å². The predicted molar refractivity (Wildman–Crippen MR) is 90.5 cm³/mol. The smallest absolute Gasteiger partial charge is 0.154 e. The molecule has 1 atom stereocenters. The number of benzene rings is 1. The summed E-state index contributed by atoms with van der Waals surface area (Å²) >= 11 is 0. The maximum Gasteiger partial charge on any atom is 0.154 e. The molecule has 23 heavy (non-hydrogen) atoms. The van der Waals surface area contributed by atoms with Gasteiger partial charge in [0, 0.05) is 12.6 Å². The van der Waals surface area contributed by atoms with Gasteiger partial charge in [0.05, 0.1) is 18.3 Å². The largest absolute Gasteiger partial charge is 0.494 e. The number of likely N-dealkylation sites (tertiary alicyclic amines) is 1. The Kier molecular flexibility index (Phi) is 5.34. The fraction of sp³-hybridized carbons (Fsp3) is 0.526. The zero-order valence-corrected chi connectivity index (χ0v) is 14.1. The summed E-state index contributed by atoms with van der Waals surface area (Å²) in [5.74, 6) is 1.96. The molecule has 124 valence electrons. The molecule has 0 radical (unpaired) electrons. The molecule has 4 heteroatoms. The molecule has 0 bridgehead atoms. The normalized spacial score (nSPS) is 18.4. The molecule has 3 rings (SSSR count). The summed E-state index contributed by atoms with van der Waals surface area (Å²) in [5, 5.41) is 4.03. The van der Waals surface area contributed by atoms with Crippen LogP contribution in [0.25, 0.3) is 0 Å². The van der Waals surface area contributed by atoms with E-state index in [0.29, 0.717) is 6.04 Å². The number of hydrogen-bond acceptors (Lipinski definition) is 4. The maximum absolute atomic E-state index is 5.73. The summed E-state index contributed by atoms with van der Waals surface area (Å²) in [6.45, 7) is 7.01. The minimum absolute atomic E-state index is 0.358. The van der Waals surface area contributed by atoms with E-state index in [1.54, 1.807) is 0 Å². The lowest BCUT2D eigenvalue weighted by Gasteiger charge is -2.22. The molecule has 0 N–H and O–H groups in total. The highest BCUT2D eigenvalue weighted by Gasteiger charge is 2.28. The maximum atomic E-state index is 5.73. The molecule has 0 aliphatic carbocycles. The SMILES string of the molecule is CCCCOc1ccc(CN2CCC[C@H]2c2cc(C)no2)cc1. The molecule has 1 saturated heterocycles. The number of rotatable bonds is 7. The Hall–Kier alpha value is -1.81. The molecule has 1 aromatic heterocycles. The molecule has 4 nitrogen and oxygen atoms in total. The van der Waals surface area contributed by atoms with Crippen LogP contribution in [0, 0.1) is 6.92 Å². The average molecular weight is 314 g/mol. The third kappa shape index (κ3) is 4.14. The van der Waals surface area contributed by atoms with E-state index in [1.165, 1.54) is 12.0 Å². The molecular weight excluding hydrogens is 288 g/mol. The Balaban J connectivity index is 1.59. The lowest BCUT2D eigenvalue weighted by Crippen LogP contribution is -2.22. The van der Waals surface area contributed by atoms with Crippen molar-refractivity contribution in [2.45, 2.75) is 52.1 Å². The van der Waals surface area contributed by atoms with Gasteiger partial charge in [0.1, 0.15) is 5.75 Å². The molecule has 0 spiro atoms. The van der Waals surface area contributed by atoms with Gasteiger partial charge in [-0.3, -0.25) is 4.90 Å². The summed E-state index contributed by atoms with van der Waals surface area (Å²) in [6.07, 6.45) is 4.62. The molecule has 2 aromatic rings. The first-order chi connectivity index (χ1) is 11.3. The van der Waals surface area contributed by atoms with E-state index in [0.717, 1.165) is 56.2 Å². The number of unbranched alkanes of at least 4 members (excludes halogenated alkanes) is 1. The topological polar surface area (TPSA) is 38.5 Å². The van der Waals surface area contributed by atoms with E-state index < -0.39 is 0 Å². The van der Waals surface area contributed by atoms with Gasteiger partial charge in [-0.1, -0.05) is 30.6 Å². The molecule has 1 aliphatic rings. The van der Waals surface area contributed by atoms with Crippen LogP contribution in [-0.4, -0.2) is 23.2 Å². The molecule has 0 amide bonds. The van der Waals surface area contributed by atoms with Crippen LogP contribution in [0.5, 0.6) is 5.75 Å². The van der Waals surface area contributed by atoms with Crippen molar-refractivity contribution in [1.82, 2.24) is 10.1 Å². The van der Waals surface area contributed by atoms with Crippen LogP contribution in [-0.2, 0) is 6.54 Å². The van der Waals surface area contributed by atoms with Crippen LogP contribution in [0.1, 0.15) is 55.7 Å². The van der Waals surface area contributed by atoms with Crippen LogP contribution in [0.4, 0.5) is 0 Å². The minimum atomic E-state index is 0.358. The van der Waals surface area contributed by atoms with Gasteiger partial charge in [0.15, 0.2) is 5.76 Å². The van der Waals surface area contributed by atoms with Crippen molar-refractivity contribution in [1.29, 1.82) is 0 Å². The Morgan fingerprint density at radius 3 is 2.83 bits per heavy atom. The van der Waals surface area contributed by atoms with Crippen molar-refractivity contribution < 1.29 is 9.26 Å².